The summed E-state index contributed by atoms with van der Waals surface area (Å²) >= 11 is 0. The lowest BCUT2D eigenvalue weighted by molar-refractivity contribution is -0.365. The number of carbonyl (C=O) groups excluding carboxylic acids is 1. The monoisotopic (exact) mass is 562 g/mol. The molecule has 0 amide bonds. The van der Waals surface area contributed by atoms with Gasteiger partial charge in [0, 0.05) is 20.2 Å². The fraction of sp³-hybridized carbons (Fsp3) is 0.406. The van der Waals surface area contributed by atoms with Crippen LogP contribution < -0.4 is 0 Å². The largest absolute Gasteiger partial charge is 0.450 e. The van der Waals surface area contributed by atoms with Gasteiger partial charge in [0.05, 0.1) is 18.8 Å². The van der Waals surface area contributed by atoms with Crippen LogP contribution in [0.4, 0.5) is 0 Å². The Labute approximate surface area is 237 Å². The molecule has 3 aromatic rings. The average molecular weight is 563 g/mol. The minimum absolute atomic E-state index is 0.294. The zero-order valence-corrected chi connectivity index (χ0v) is 24.3. The lowest BCUT2D eigenvalue weighted by Gasteiger charge is -2.48. The average Bonchev–Trinajstić information content (AvgIpc) is 2.97. The molecule has 6 atom stereocenters. The number of hydrogen-bond donors (Lipinski definition) is 0. The van der Waals surface area contributed by atoms with Crippen molar-refractivity contribution in [1.29, 1.82) is 0 Å². The van der Waals surface area contributed by atoms with E-state index in [1.807, 2.05) is 66.7 Å². The van der Waals surface area contributed by atoms with Gasteiger partial charge < -0.3 is 28.4 Å². The van der Waals surface area contributed by atoms with E-state index in [2.05, 4.69) is 19.6 Å². The Kier molecular flexibility index (Phi) is 9.47. The van der Waals surface area contributed by atoms with Crippen LogP contribution in [-0.2, 0) is 35.0 Å². The highest BCUT2D eigenvalue weighted by atomic mass is 28.3. The van der Waals surface area contributed by atoms with Gasteiger partial charge in [-0.3, -0.25) is 0 Å². The molecule has 2 aliphatic rings. The summed E-state index contributed by atoms with van der Waals surface area (Å²) in [5, 5.41) is 0. The molecule has 3 aromatic carbocycles. The highest BCUT2D eigenvalue weighted by molar-refractivity contribution is 6.76. The summed E-state index contributed by atoms with van der Waals surface area (Å²) < 4.78 is 38.0. The number of fused-ring (bicyclic) bond motifs is 1. The lowest BCUT2D eigenvalue weighted by atomic mass is 9.97. The molecule has 2 saturated heterocycles. The van der Waals surface area contributed by atoms with Gasteiger partial charge in [0.25, 0.3) is 0 Å². The maximum Gasteiger partial charge on any atom is 0.338 e. The first-order valence-corrected chi connectivity index (χ1v) is 17.6. The maximum atomic E-state index is 13.3. The van der Waals surface area contributed by atoms with Gasteiger partial charge in [-0.25, -0.2) is 4.79 Å². The van der Waals surface area contributed by atoms with Crippen LogP contribution >= 0.6 is 0 Å². The number of benzene rings is 3. The highest BCUT2D eigenvalue weighted by Crippen LogP contribution is 2.37. The van der Waals surface area contributed by atoms with Crippen molar-refractivity contribution >= 4 is 14.0 Å². The zero-order chi connectivity index (χ0) is 28.0. The van der Waals surface area contributed by atoms with Crippen molar-refractivity contribution in [1.82, 2.24) is 0 Å². The van der Waals surface area contributed by atoms with E-state index >= 15 is 0 Å². The first kappa shape index (κ1) is 28.7. The van der Waals surface area contributed by atoms with Crippen molar-refractivity contribution in [2.24, 2.45) is 0 Å². The van der Waals surface area contributed by atoms with Crippen LogP contribution in [0.1, 0.15) is 27.8 Å². The van der Waals surface area contributed by atoms with Crippen LogP contribution in [0.25, 0.3) is 0 Å². The summed E-state index contributed by atoms with van der Waals surface area (Å²) in [6.07, 6.45) is -3.93. The third-order valence-electron chi connectivity index (χ3n) is 7.03. The molecule has 0 radical (unpaired) electrons. The molecule has 7 nitrogen and oxygen atoms in total. The molecular formula is C32H38O7Si. The van der Waals surface area contributed by atoms with Crippen molar-refractivity contribution in [2.75, 3.05) is 13.2 Å². The van der Waals surface area contributed by atoms with Gasteiger partial charge in [0.15, 0.2) is 18.7 Å². The highest BCUT2D eigenvalue weighted by Gasteiger charge is 2.53. The van der Waals surface area contributed by atoms with Crippen molar-refractivity contribution in [3.63, 3.8) is 0 Å². The molecule has 0 aromatic heterocycles. The molecule has 2 aliphatic heterocycles. The van der Waals surface area contributed by atoms with E-state index in [1.54, 1.807) is 24.3 Å². The van der Waals surface area contributed by atoms with Gasteiger partial charge in [-0.15, -0.1) is 0 Å². The van der Waals surface area contributed by atoms with Crippen molar-refractivity contribution in [3.05, 3.63) is 108 Å². The fourth-order valence-electron chi connectivity index (χ4n) is 4.79. The first-order valence-electron chi connectivity index (χ1n) is 13.9. The number of esters is 1. The number of hydrogen-bond acceptors (Lipinski definition) is 7. The van der Waals surface area contributed by atoms with Gasteiger partial charge in [-0.05, 0) is 23.7 Å². The first-order chi connectivity index (χ1) is 19.4. The van der Waals surface area contributed by atoms with Crippen LogP contribution in [-0.4, -0.2) is 58.0 Å². The molecule has 8 heteroatoms. The molecule has 0 saturated carbocycles. The van der Waals surface area contributed by atoms with Crippen LogP contribution in [0.2, 0.25) is 25.7 Å². The second kappa shape index (κ2) is 13.2. The molecule has 2 heterocycles. The molecule has 1 unspecified atom stereocenters. The Bertz CT molecular complexity index is 1200. The molecule has 2 fully saturated rings. The molecule has 0 N–H and O–H groups in total. The predicted octanol–water partition coefficient (Wildman–Crippen LogP) is 5.99. The van der Waals surface area contributed by atoms with E-state index < -0.39 is 51.0 Å². The van der Waals surface area contributed by atoms with E-state index in [0.29, 0.717) is 25.4 Å². The third kappa shape index (κ3) is 7.45. The van der Waals surface area contributed by atoms with Crippen molar-refractivity contribution in [3.8, 4) is 0 Å². The Hall–Kier alpha value is -2.85. The van der Waals surface area contributed by atoms with Crippen molar-refractivity contribution < 1.29 is 33.2 Å². The molecular weight excluding hydrogens is 524 g/mol. The summed E-state index contributed by atoms with van der Waals surface area (Å²) in [5.41, 5.74) is 2.35. The summed E-state index contributed by atoms with van der Waals surface area (Å²) in [6.45, 7) is 7.98. The second-order valence-corrected chi connectivity index (χ2v) is 17.0. The molecule has 0 aliphatic carbocycles. The Morgan fingerprint density at radius 2 is 1.48 bits per heavy atom. The predicted molar refractivity (Wildman–Crippen MR) is 153 cm³/mol. The van der Waals surface area contributed by atoms with Gasteiger partial charge in [0.2, 0.25) is 0 Å². The van der Waals surface area contributed by atoms with Gasteiger partial charge in [-0.1, -0.05) is 98.5 Å². The lowest BCUT2D eigenvalue weighted by Crippen LogP contribution is -2.64. The molecule has 212 valence electrons. The van der Waals surface area contributed by atoms with E-state index in [-0.39, 0.29) is 0 Å². The second-order valence-electron chi connectivity index (χ2n) is 11.4. The maximum absolute atomic E-state index is 13.3. The number of rotatable bonds is 10. The van der Waals surface area contributed by atoms with Crippen LogP contribution in [0.3, 0.4) is 0 Å². The van der Waals surface area contributed by atoms with Crippen LogP contribution in [0.5, 0.6) is 0 Å². The number of ether oxygens (including phenoxy) is 6. The summed E-state index contributed by atoms with van der Waals surface area (Å²) in [7, 11) is -1.37. The van der Waals surface area contributed by atoms with Gasteiger partial charge >= 0.3 is 5.97 Å². The summed E-state index contributed by atoms with van der Waals surface area (Å²) in [4.78, 5) is 13.3. The van der Waals surface area contributed by atoms with E-state index in [9.17, 15) is 4.79 Å². The Balaban J connectivity index is 1.43. The molecule has 0 bridgehead atoms. The van der Waals surface area contributed by atoms with Crippen LogP contribution in [0, 0.1) is 0 Å². The summed E-state index contributed by atoms with van der Waals surface area (Å²) in [5.74, 6) is -0.466. The zero-order valence-electron chi connectivity index (χ0n) is 23.3. The van der Waals surface area contributed by atoms with E-state index in [0.717, 1.165) is 17.2 Å². The topological polar surface area (TPSA) is 72.5 Å². The Morgan fingerprint density at radius 1 is 0.825 bits per heavy atom. The Morgan fingerprint density at radius 3 is 2.15 bits per heavy atom. The van der Waals surface area contributed by atoms with Gasteiger partial charge in [-0.2, -0.15) is 0 Å². The van der Waals surface area contributed by atoms with E-state index in [4.69, 9.17) is 28.4 Å². The number of carbonyl (C=O) groups is 1. The van der Waals surface area contributed by atoms with Gasteiger partial charge in [0.1, 0.15) is 18.3 Å². The third-order valence-corrected chi connectivity index (χ3v) is 8.73. The quantitative estimate of drug-likeness (QED) is 0.222. The molecule has 40 heavy (non-hydrogen) atoms. The fourth-order valence-corrected chi connectivity index (χ4v) is 5.52. The minimum Gasteiger partial charge on any atom is -0.450 e. The normalized spacial score (nSPS) is 26.6. The van der Waals surface area contributed by atoms with Crippen molar-refractivity contribution in [2.45, 2.75) is 69.3 Å². The SMILES string of the molecule is C[Si](C)(C)CCO[C@@H]1O[C@@H]2COC(c3ccccc3)O[C@H]2[C@H](OCc2ccccc2)[C@H]1OC(=O)c1ccccc1. The summed E-state index contributed by atoms with van der Waals surface area (Å²) in [6, 6.07) is 29.5. The minimum atomic E-state index is -1.37. The molecule has 0 spiro atoms. The molecule has 5 rings (SSSR count). The van der Waals surface area contributed by atoms with Crippen LogP contribution in [0.15, 0.2) is 91.0 Å². The van der Waals surface area contributed by atoms with E-state index in [1.165, 1.54) is 0 Å². The standard InChI is InChI=1S/C32H38O7Si/c1-40(2,3)20-19-34-32-29(38-30(33)24-15-9-5-10-16-24)28(35-21-23-13-7-4-8-14-23)27-26(37-32)22-36-31(39-27)25-17-11-6-12-18-25/h4-18,26-29,31-32H,19-22H2,1-3H3/t26-,27-,28+,29-,31?,32-/m1/s1. The smallest absolute Gasteiger partial charge is 0.338 e.